The van der Waals surface area contributed by atoms with E-state index >= 15 is 0 Å². The molecule has 9 fully saturated rings. The Hall–Kier alpha value is -4.24. The predicted octanol–water partition coefficient (Wildman–Crippen LogP) is 12.8. The summed E-state index contributed by atoms with van der Waals surface area (Å²) in [5, 5.41) is 0. The second kappa shape index (κ2) is 12.7. The summed E-state index contributed by atoms with van der Waals surface area (Å²) in [7, 11) is 0. The largest absolute Gasteiger partial charge is 0.311 e. The molecule has 9 saturated carbocycles. The summed E-state index contributed by atoms with van der Waals surface area (Å²) in [4.78, 5) is 5.39. The molecule has 5 aromatic carbocycles. The van der Waals surface area contributed by atoms with E-state index < -0.39 is 0 Å². The van der Waals surface area contributed by atoms with Gasteiger partial charge < -0.3 is 9.80 Å². The van der Waals surface area contributed by atoms with Crippen LogP contribution in [0.1, 0.15) is 132 Å². The molecule has 0 spiro atoms. The first kappa shape index (κ1) is 34.5. The van der Waals surface area contributed by atoms with Crippen molar-refractivity contribution in [2.45, 2.75) is 126 Å². The molecule has 5 aromatic rings. The highest BCUT2D eigenvalue weighted by molar-refractivity contribution is 7.00. The van der Waals surface area contributed by atoms with E-state index in [0.29, 0.717) is 16.7 Å². The molecule has 16 rings (SSSR count). The minimum atomic E-state index is 0.197. The van der Waals surface area contributed by atoms with Gasteiger partial charge in [0, 0.05) is 34.1 Å². The monoisotopic (exact) mass is 770 g/mol. The first-order valence-electron chi connectivity index (χ1n) is 24.2. The van der Waals surface area contributed by atoms with Crippen LogP contribution in [0.25, 0.3) is 0 Å². The zero-order valence-corrected chi connectivity index (χ0v) is 34.9. The van der Waals surface area contributed by atoms with Crippen molar-refractivity contribution in [1.29, 1.82) is 0 Å². The zero-order valence-electron chi connectivity index (χ0n) is 34.9. The number of hydrogen-bond donors (Lipinski definition) is 0. The van der Waals surface area contributed by atoms with Crippen LogP contribution in [0.4, 0.5) is 34.1 Å². The lowest BCUT2D eigenvalue weighted by Crippen LogP contribution is -2.61. The van der Waals surface area contributed by atoms with Gasteiger partial charge in [0.15, 0.2) is 0 Å². The Morgan fingerprint density at radius 3 is 1.51 bits per heavy atom. The van der Waals surface area contributed by atoms with Crippen molar-refractivity contribution in [2.24, 2.45) is 35.5 Å². The Labute approximate surface area is 352 Å². The van der Waals surface area contributed by atoms with Gasteiger partial charge in [0.1, 0.15) is 0 Å². The summed E-state index contributed by atoms with van der Waals surface area (Å²) in [6.07, 6.45) is 24.1. The lowest BCUT2D eigenvalue weighted by molar-refractivity contribution is -0.00528. The van der Waals surface area contributed by atoms with Crippen LogP contribution < -0.4 is 26.2 Å². The van der Waals surface area contributed by atoms with E-state index in [0.717, 1.165) is 35.5 Å². The number of anilines is 6. The fourth-order valence-electron chi connectivity index (χ4n) is 17.0. The van der Waals surface area contributed by atoms with Gasteiger partial charge in [-0.1, -0.05) is 79.9 Å². The molecule has 2 heterocycles. The predicted molar refractivity (Wildman–Crippen MR) is 246 cm³/mol. The molecule has 296 valence electrons. The molecule has 2 aliphatic heterocycles. The lowest BCUT2D eigenvalue weighted by Gasteiger charge is -2.57. The topological polar surface area (TPSA) is 6.48 Å². The van der Waals surface area contributed by atoms with E-state index in [1.807, 2.05) is 0 Å². The van der Waals surface area contributed by atoms with Gasteiger partial charge in [0.2, 0.25) is 0 Å². The second-order valence-electron chi connectivity index (χ2n) is 22.0. The van der Waals surface area contributed by atoms with E-state index in [1.54, 1.807) is 16.7 Å². The maximum Gasteiger partial charge on any atom is 0.252 e. The van der Waals surface area contributed by atoms with Crippen molar-refractivity contribution in [2.75, 3.05) is 9.80 Å². The molecular weight excluding hydrogens is 711 g/mol. The molecule has 0 aromatic heterocycles. The quantitative estimate of drug-likeness (QED) is 0.161. The molecule has 0 atom stereocenters. The number of nitrogens with zero attached hydrogens (tertiary/aromatic N) is 2. The third-order valence-corrected chi connectivity index (χ3v) is 18.5. The fraction of sp³-hybridized carbons (Fsp3) is 0.464. The minimum absolute atomic E-state index is 0.197. The molecule has 59 heavy (non-hydrogen) atoms. The van der Waals surface area contributed by atoms with Crippen LogP contribution in [-0.4, -0.2) is 6.71 Å². The smallest absolute Gasteiger partial charge is 0.252 e. The highest BCUT2D eigenvalue weighted by Gasteiger charge is 2.54. The molecule has 8 bridgehead atoms. The normalized spacial score (nSPS) is 33.3. The van der Waals surface area contributed by atoms with Crippen LogP contribution >= 0.6 is 0 Å². The van der Waals surface area contributed by atoms with Crippen molar-refractivity contribution in [3.05, 3.63) is 126 Å². The summed E-state index contributed by atoms with van der Waals surface area (Å²) in [6, 6.07) is 44.4. The summed E-state index contributed by atoms with van der Waals surface area (Å²) in [5.41, 5.74) is 18.3. The number of fused-ring (bicyclic) bond motifs is 4. The van der Waals surface area contributed by atoms with E-state index in [4.69, 9.17) is 0 Å². The molecule has 9 aliphatic carbocycles. The average molecular weight is 771 g/mol. The summed E-state index contributed by atoms with van der Waals surface area (Å²) in [6.45, 7) is 0.197. The highest BCUT2D eigenvalue weighted by Crippen LogP contribution is 2.62. The van der Waals surface area contributed by atoms with Gasteiger partial charge >= 0.3 is 0 Å². The van der Waals surface area contributed by atoms with Crippen molar-refractivity contribution < 1.29 is 0 Å². The third kappa shape index (κ3) is 5.12. The Kier molecular flexibility index (Phi) is 7.39. The van der Waals surface area contributed by atoms with Gasteiger partial charge in [-0.05, 0) is 224 Å². The van der Waals surface area contributed by atoms with Crippen LogP contribution in [0.2, 0.25) is 0 Å². The molecule has 11 aliphatic rings. The maximum atomic E-state index is 2.78. The summed E-state index contributed by atoms with van der Waals surface area (Å²) >= 11 is 0. The van der Waals surface area contributed by atoms with E-state index in [1.165, 1.54) is 160 Å². The van der Waals surface area contributed by atoms with Crippen LogP contribution in [0, 0.1) is 35.5 Å². The lowest BCUT2D eigenvalue weighted by atomic mass is 9.33. The Bertz CT molecular complexity index is 2410. The van der Waals surface area contributed by atoms with E-state index in [-0.39, 0.29) is 6.71 Å². The average Bonchev–Trinajstić information content (AvgIpc) is 3.26. The van der Waals surface area contributed by atoms with Crippen molar-refractivity contribution in [1.82, 2.24) is 0 Å². The second-order valence-corrected chi connectivity index (χ2v) is 22.0. The van der Waals surface area contributed by atoms with Crippen LogP contribution in [0.5, 0.6) is 0 Å². The summed E-state index contributed by atoms with van der Waals surface area (Å²) < 4.78 is 0. The molecule has 0 unspecified atom stereocenters. The number of benzene rings is 5. The maximum absolute atomic E-state index is 2.78. The SMILES string of the molecule is c1ccc(N2c3ccccc3B3c4cc(C56CC7CC(CC(C7)C5)C6)ccc4N(c4ccc(C56CC7CC(CC(C7)C5)C6)cc4)c4cc(C5CCCCC5)cc2c43)cc1. The standard InChI is InChI=1S/C56H59BN2/c1-3-9-42(10-4-1)43-27-52-54-53(28-43)59(47-18-15-44(16-19-47)55-30-36-21-37(31-55)23-38(22-36)32-55)51-20-17-45(56-33-39-24-40(34-56)26-41(25-39)35-56)29-49(51)57(54)48-13-7-8-14-50(48)58(52)46-11-5-2-6-12-46/h2,5-8,11-20,27-29,36-42H,1,3-4,9-10,21-26,30-35H2. The molecule has 0 saturated heterocycles. The third-order valence-electron chi connectivity index (χ3n) is 18.5. The van der Waals surface area contributed by atoms with E-state index in [9.17, 15) is 0 Å². The Morgan fingerprint density at radius 1 is 0.424 bits per heavy atom. The zero-order chi connectivity index (χ0) is 38.5. The highest BCUT2D eigenvalue weighted by atomic mass is 15.2. The molecule has 0 N–H and O–H groups in total. The van der Waals surface area contributed by atoms with Gasteiger partial charge in [0.25, 0.3) is 6.71 Å². The molecular formula is C56H59BN2. The van der Waals surface area contributed by atoms with Crippen molar-refractivity contribution in [3.8, 4) is 0 Å². The molecule has 3 heteroatoms. The van der Waals surface area contributed by atoms with Gasteiger partial charge in [-0.15, -0.1) is 0 Å². The van der Waals surface area contributed by atoms with Crippen molar-refractivity contribution >= 4 is 57.2 Å². The number of rotatable bonds is 5. The summed E-state index contributed by atoms with van der Waals surface area (Å²) in [5.74, 6) is 6.28. The van der Waals surface area contributed by atoms with Crippen LogP contribution in [-0.2, 0) is 10.8 Å². The fourth-order valence-corrected chi connectivity index (χ4v) is 17.0. The first-order valence-corrected chi connectivity index (χ1v) is 24.2. The van der Waals surface area contributed by atoms with E-state index in [2.05, 4.69) is 119 Å². The number of hydrogen-bond acceptors (Lipinski definition) is 2. The molecule has 0 radical (unpaired) electrons. The van der Waals surface area contributed by atoms with Crippen LogP contribution in [0.15, 0.2) is 109 Å². The van der Waals surface area contributed by atoms with Gasteiger partial charge in [-0.2, -0.15) is 0 Å². The van der Waals surface area contributed by atoms with Gasteiger partial charge in [-0.3, -0.25) is 0 Å². The number of para-hydroxylation sites is 2. The first-order chi connectivity index (χ1) is 29.1. The Balaban J connectivity index is 0.990. The van der Waals surface area contributed by atoms with Gasteiger partial charge in [-0.25, -0.2) is 0 Å². The molecule has 0 amide bonds. The minimum Gasteiger partial charge on any atom is -0.311 e. The Morgan fingerprint density at radius 2 is 0.915 bits per heavy atom. The van der Waals surface area contributed by atoms with Gasteiger partial charge in [0.05, 0.1) is 0 Å². The van der Waals surface area contributed by atoms with Crippen molar-refractivity contribution in [3.63, 3.8) is 0 Å². The van der Waals surface area contributed by atoms with Crippen LogP contribution in [0.3, 0.4) is 0 Å². The molecule has 2 nitrogen and oxygen atoms in total.